The van der Waals surface area contributed by atoms with Crippen LogP contribution in [-0.4, -0.2) is 32.3 Å². The number of hydrogen-bond donors (Lipinski definition) is 2. The molecule has 1 rings (SSSR count). The standard InChI is InChI=1S/C11H24N2O/c1-10(12)4-2-3-6-13-8-11-5-7-14-9-11/h10-11,13H,2-9,12H2,1H3. The molecule has 0 radical (unpaired) electrons. The van der Waals surface area contributed by atoms with Gasteiger partial charge in [0.1, 0.15) is 0 Å². The van der Waals surface area contributed by atoms with Gasteiger partial charge in [-0.1, -0.05) is 6.42 Å². The van der Waals surface area contributed by atoms with Crippen molar-refractivity contribution in [3.05, 3.63) is 0 Å². The number of rotatable bonds is 7. The smallest absolute Gasteiger partial charge is 0.0507 e. The molecule has 1 saturated heterocycles. The van der Waals surface area contributed by atoms with Gasteiger partial charge in [0.25, 0.3) is 0 Å². The molecule has 0 saturated carbocycles. The van der Waals surface area contributed by atoms with Gasteiger partial charge in [0.05, 0.1) is 6.61 Å². The summed E-state index contributed by atoms with van der Waals surface area (Å²) in [5.41, 5.74) is 5.67. The van der Waals surface area contributed by atoms with E-state index in [1.54, 1.807) is 0 Å². The Morgan fingerprint density at radius 2 is 2.36 bits per heavy atom. The lowest BCUT2D eigenvalue weighted by Crippen LogP contribution is -2.24. The van der Waals surface area contributed by atoms with Crippen LogP contribution in [0.15, 0.2) is 0 Å². The van der Waals surface area contributed by atoms with E-state index in [-0.39, 0.29) is 0 Å². The summed E-state index contributed by atoms with van der Waals surface area (Å²) in [6.45, 7) is 6.23. The second-order valence-corrected chi connectivity index (χ2v) is 4.41. The van der Waals surface area contributed by atoms with Crippen molar-refractivity contribution in [2.75, 3.05) is 26.3 Å². The zero-order valence-corrected chi connectivity index (χ0v) is 9.30. The van der Waals surface area contributed by atoms with Crippen molar-refractivity contribution in [2.45, 2.75) is 38.6 Å². The monoisotopic (exact) mass is 200 g/mol. The molecule has 2 unspecified atom stereocenters. The van der Waals surface area contributed by atoms with E-state index in [4.69, 9.17) is 10.5 Å². The Morgan fingerprint density at radius 3 is 3.00 bits per heavy atom. The van der Waals surface area contributed by atoms with Gasteiger partial charge in [0, 0.05) is 19.2 Å². The molecule has 84 valence electrons. The second kappa shape index (κ2) is 7.21. The van der Waals surface area contributed by atoms with Gasteiger partial charge in [-0.3, -0.25) is 0 Å². The topological polar surface area (TPSA) is 47.3 Å². The maximum Gasteiger partial charge on any atom is 0.0507 e. The molecule has 0 spiro atoms. The van der Waals surface area contributed by atoms with Crippen molar-refractivity contribution in [1.82, 2.24) is 5.32 Å². The first-order valence-corrected chi connectivity index (χ1v) is 5.83. The largest absolute Gasteiger partial charge is 0.381 e. The summed E-state index contributed by atoms with van der Waals surface area (Å²) in [5.74, 6) is 0.753. The van der Waals surface area contributed by atoms with Crippen LogP contribution >= 0.6 is 0 Å². The van der Waals surface area contributed by atoms with Gasteiger partial charge in [-0.25, -0.2) is 0 Å². The number of nitrogens with two attached hydrogens (primary N) is 1. The van der Waals surface area contributed by atoms with E-state index in [0.29, 0.717) is 6.04 Å². The Labute approximate surface area is 87.4 Å². The minimum atomic E-state index is 0.359. The molecule has 3 nitrogen and oxygen atoms in total. The Balaban J connectivity index is 1.79. The molecule has 2 atom stereocenters. The minimum absolute atomic E-state index is 0.359. The van der Waals surface area contributed by atoms with Crippen LogP contribution < -0.4 is 11.1 Å². The summed E-state index contributed by atoms with van der Waals surface area (Å²) >= 11 is 0. The number of hydrogen-bond acceptors (Lipinski definition) is 3. The Kier molecular flexibility index (Phi) is 6.15. The average molecular weight is 200 g/mol. The predicted molar refractivity (Wildman–Crippen MR) is 59.3 cm³/mol. The van der Waals surface area contributed by atoms with Crippen LogP contribution in [0.5, 0.6) is 0 Å². The highest BCUT2D eigenvalue weighted by Crippen LogP contribution is 2.10. The third kappa shape index (κ3) is 5.58. The van der Waals surface area contributed by atoms with Crippen LogP contribution in [-0.2, 0) is 4.74 Å². The third-order valence-electron chi connectivity index (χ3n) is 2.72. The van der Waals surface area contributed by atoms with Gasteiger partial charge in [0.15, 0.2) is 0 Å². The molecule has 0 aromatic rings. The first kappa shape index (κ1) is 12.0. The molecular weight excluding hydrogens is 176 g/mol. The average Bonchev–Trinajstić information content (AvgIpc) is 2.63. The fourth-order valence-electron chi connectivity index (χ4n) is 1.77. The van der Waals surface area contributed by atoms with E-state index in [1.807, 2.05) is 0 Å². The van der Waals surface area contributed by atoms with Gasteiger partial charge in [0.2, 0.25) is 0 Å². The summed E-state index contributed by atoms with van der Waals surface area (Å²) < 4.78 is 5.31. The van der Waals surface area contributed by atoms with Gasteiger partial charge in [-0.15, -0.1) is 0 Å². The highest BCUT2D eigenvalue weighted by Gasteiger charge is 2.14. The van der Waals surface area contributed by atoms with E-state index < -0.39 is 0 Å². The predicted octanol–water partition coefficient (Wildman–Crippen LogP) is 1.13. The van der Waals surface area contributed by atoms with Crippen molar-refractivity contribution in [2.24, 2.45) is 11.7 Å². The molecule has 3 N–H and O–H groups in total. The zero-order valence-electron chi connectivity index (χ0n) is 9.30. The van der Waals surface area contributed by atoms with E-state index in [9.17, 15) is 0 Å². The molecule has 3 heteroatoms. The fourth-order valence-corrected chi connectivity index (χ4v) is 1.77. The van der Waals surface area contributed by atoms with Gasteiger partial charge >= 0.3 is 0 Å². The molecule has 1 aliphatic rings. The summed E-state index contributed by atoms with van der Waals surface area (Å²) in [5, 5.41) is 3.48. The van der Waals surface area contributed by atoms with E-state index in [2.05, 4.69) is 12.2 Å². The highest BCUT2D eigenvalue weighted by molar-refractivity contribution is 4.66. The molecule has 1 aliphatic heterocycles. The lowest BCUT2D eigenvalue weighted by Gasteiger charge is -2.09. The van der Waals surface area contributed by atoms with Crippen molar-refractivity contribution in [3.63, 3.8) is 0 Å². The van der Waals surface area contributed by atoms with Crippen LogP contribution in [0.4, 0.5) is 0 Å². The van der Waals surface area contributed by atoms with Crippen LogP contribution in [0, 0.1) is 5.92 Å². The molecule has 0 aromatic carbocycles. The lowest BCUT2D eigenvalue weighted by atomic mass is 10.1. The molecule has 1 fully saturated rings. The summed E-state index contributed by atoms with van der Waals surface area (Å²) in [4.78, 5) is 0. The van der Waals surface area contributed by atoms with Crippen molar-refractivity contribution in [1.29, 1.82) is 0 Å². The third-order valence-corrected chi connectivity index (χ3v) is 2.72. The summed E-state index contributed by atoms with van der Waals surface area (Å²) in [6, 6.07) is 0.359. The van der Waals surface area contributed by atoms with E-state index >= 15 is 0 Å². The first-order valence-electron chi connectivity index (χ1n) is 5.83. The van der Waals surface area contributed by atoms with E-state index in [0.717, 1.165) is 38.6 Å². The quantitative estimate of drug-likeness (QED) is 0.606. The van der Waals surface area contributed by atoms with Crippen LogP contribution in [0.1, 0.15) is 32.6 Å². The Hall–Kier alpha value is -0.120. The van der Waals surface area contributed by atoms with Gasteiger partial charge in [-0.05, 0) is 38.6 Å². The Morgan fingerprint density at radius 1 is 1.50 bits per heavy atom. The molecule has 0 bridgehead atoms. The summed E-state index contributed by atoms with van der Waals surface area (Å²) in [7, 11) is 0. The van der Waals surface area contributed by atoms with Crippen molar-refractivity contribution in [3.8, 4) is 0 Å². The highest BCUT2D eigenvalue weighted by atomic mass is 16.5. The van der Waals surface area contributed by atoms with Crippen LogP contribution in [0.25, 0.3) is 0 Å². The lowest BCUT2D eigenvalue weighted by molar-refractivity contribution is 0.185. The molecule has 1 heterocycles. The maximum absolute atomic E-state index is 5.67. The minimum Gasteiger partial charge on any atom is -0.381 e. The SMILES string of the molecule is CC(N)CCCCNCC1CCOC1. The molecule has 0 amide bonds. The van der Waals surface area contributed by atoms with E-state index in [1.165, 1.54) is 19.3 Å². The van der Waals surface area contributed by atoms with Crippen LogP contribution in [0.2, 0.25) is 0 Å². The summed E-state index contributed by atoms with van der Waals surface area (Å²) in [6.07, 6.45) is 4.86. The zero-order chi connectivity index (χ0) is 10.2. The molecular formula is C11H24N2O. The van der Waals surface area contributed by atoms with Gasteiger partial charge in [-0.2, -0.15) is 0 Å². The van der Waals surface area contributed by atoms with Gasteiger partial charge < -0.3 is 15.8 Å². The number of nitrogens with one attached hydrogen (secondary N) is 1. The number of unbranched alkanes of at least 4 members (excludes halogenated alkanes) is 1. The fraction of sp³-hybridized carbons (Fsp3) is 1.00. The van der Waals surface area contributed by atoms with Crippen molar-refractivity contribution >= 4 is 0 Å². The second-order valence-electron chi connectivity index (χ2n) is 4.41. The molecule has 0 aromatic heterocycles. The molecule has 0 aliphatic carbocycles. The molecule has 14 heavy (non-hydrogen) atoms. The normalized spacial score (nSPS) is 24.0. The number of ether oxygens (including phenoxy) is 1. The van der Waals surface area contributed by atoms with Crippen LogP contribution in [0.3, 0.4) is 0 Å². The first-order chi connectivity index (χ1) is 6.79. The Bertz CT molecular complexity index is 133. The van der Waals surface area contributed by atoms with Crippen molar-refractivity contribution < 1.29 is 4.74 Å². The maximum atomic E-state index is 5.67.